The number of nitrogens with zero attached hydrogens (tertiary/aromatic N) is 1. The molecule has 0 bridgehead atoms. The van der Waals surface area contributed by atoms with Crippen LogP contribution in [0.4, 0.5) is 0 Å². The number of nitrogens with one attached hydrogen (secondary N) is 1. The van der Waals surface area contributed by atoms with Gasteiger partial charge in [0.1, 0.15) is 0 Å². The minimum atomic E-state index is -3.13. The summed E-state index contributed by atoms with van der Waals surface area (Å²) in [5, 5.41) is 12.0. The van der Waals surface area contributed by atoms with E-state index in [4.69, 9.17) is 5.11 Å². The molecular formula is C13H26N2O4S. The van der Waals surface area contributed by atoms with Crippen LogP contribution in [0.3, 0.4) is 0 Å². The van der Waals surface area contributed by atoms with Gasteiger partial charge in [0.05, 0.1) is 11.9 Å². The van der Waals surface area contributed by atoms with Gasteiger partial charge in [-0.15, -0.1) is 0 Å². The summed E-state index contributed by atoms with van der Waals surface area (Å²) in [5.74, 6) is 0.0254. The highest BCUT2D eigenvalue weighted by atomic mass is 32.2. The Morgan fingerprint density at radius 2 is 2.00 bits per heavy atom. The highest BCUT2D eigenvalue weighted by Gasteiger charge is 2.29. The molecule has 0 aromatic heterocycles. The normalized spacial score (nSPS) is 19.8. The first-order chi connectivity index (χ1) is 9.36. The molecule has 0 radical (unpaired) electrons. The zero-order valence-electron chi connectivity index (χ0n) is 12.3. The average Bonchev–Trinajstić information content (AvgIpc) is 2.43. The van der Waals surface area contributed by atoms with Crippen LogP contribution < -0.4 is 5.32 Å². The maximum Gasteiger partial charge on any atom is 0.223 e. The van der Waals surface area contributed by atoms with Gasteiger partial charge in [0.2, 0.25) is 15.9 Å². The zero-order valence-corrected chi connectivity index (χ0v) is 13.2. The van der Waals surface area contributed by atoms with Gasteiger partial charge in [0.25, 0.3) is 0 Å². The van der Waals surface area contributed by atoms with E-state index >= 15 is 0 Å². The van der Waals surface area contributed by atoms with Crippen molar-refractivity contribution in [3.63, 3.8) is 0 Å². The number of rotatable bonds is 7. The van der Waals surface area contributed by atoms with Crippen LogP contribution in [0.1, 0.15) is 39.5 Å². The minimum Gasteiger partial charge on any atom is -0.393 e. The molecule has 118 valence electrons. The molecule has 1 amide bonds. The summed E-state index contributed by atoms with van der Waals surface area (Å²) in [5.41, 5.74) is 0. The van der Waals surface area contributed by atoms with Crippen molar-refractivity contribution < 1.29 is 18.3 Å². The highest BCUT2D eigenvalue weighted by Crippen LogP contribution is 2.19. The molecule has 1 unspecified atom stereocenters. The van der Waals surface area contributed by atoms with Gasteiger partial charge in [-0.1, -0.05) is 0 Å². The van der Waals surface area contributed by atoms with Gasteiger partial charge in [-0.3, -0.25) is 4.79 Å². The summed E-state index contributed by atoms with van der Waals surface area (Å²) in [4.78, 5) is 11.9. The first-order valence-electron chi connectivity index (χ1n) is 7.30. The van der Waals surface area contributed by atoms with Crippen molar-refractivity contribution in [2.45, 2.75) is 45.6 Å². The average molecular weight is 306 g/mol. The minimum absolute atomic E-state index is 0.00383. The van der Waals surface area contributed by atoms with E-state index in [1.807, 2.05) is 0 Å². The number of hydrogen-bond acceptors (Lipinski definition) is 4. The molecule has 1 saturated heterocycles. The Labute approximate surface area is 121 Å². The monoisotopic (exact) mass is 306 g/mol. The maximum atomic E-state index is 11.9. The number of piperidine rings is 1. The van der Waals surface area contributed by atoms with Crippen molar-refractivity contribution in [3.8, 4) is 0 Å². The molecule has 0 saturated carbocycles. The molecule has 1 aliphatic rings. The number of aliphatic hydroxyl groups excluding tert-OH is 1. The molecule has 1 atom stereocenters. The Morgan fingerprint density at radius 1 is 1.40 bits per heavy atom. The molecule has 0 aromatic carbocycles. The second kappa shape index (κ2) is 7.95. The van der Waals surface area contributed by atoms with Crippen LogP contribution in [0.2, 0.25) is 0 Å². The first kappa shape index (κ1) is 17.4. The Morgan fingerprint density at radius 3 is 2.50 bits per heavy atom. The summed E-state index contributed by atoms with van der Waals surface area (Å²) in [6.07, 6.45) is 2.26. The Hall–Kier alpha value is -0.660. The second-order valence-electron chi connectivity index (χ2n) is 5.36. The van der Waals surface area contributed by atoms with Crippen LogP contribution in [0, 0.1) is 5.92 Å². The predicted molar refractivity (Wildman–Crippen MR) is 77.7 cm³/mol. The summed E-state index contributed by atoms with van der Waals surface area (Å²) in [7, 11) is -3.13. The van der Waals surface area contributed by atoms with Crippen LogP contribution in [0.15, 0.2) is 0 Å². The van der Waals surface area contributed by atoms with Crippen LogP contribution in [0.25, 0.3) is 0 Å². The van der Waals surface area contributed by atoms with Crippen LogP contribution >= 0.6 is 0 Å². The molecular weight excluding hydrogens is 280 g/mol. The number of hydrogen-bond donors (Lipinski definition) is 2. The smallest absolute Gasteiger partial charge is 0.223 e. The van der Waals surface area contributed by atoms with Gasteiger partial charge in [0, 0.05) is 25.6 Å². The molecule has 6 nitrogen and oxygen atoms in total. The molecule has 0 spiro atoms. The predicted octanol–water partition coefficient (Wildman–Crippen LogP) is 0.325. The van der Waals surface area contributed by atoms with E-state index in [1.165, 1.54) is 4.31 Å². The van der Waals surface area contributed by atoms with Crippen LogP contribution in [-0.4, -0.2) is 55.2 Å². The third-order valence-electron chi connectivity index (χ3n) is 3.68. The van der Waals surface area contributed by atoms with Crippen LogP contribution in [-0.2, 0) is 14.8 Å². The van der Waals surface area contributed by atoms with E-state index in [1.54, 1.807) is 13.8 Å². The lowest BCUT2D eigenvalue weighted by Crippen LogP contribution is -2.43. The fourth-order valence-corrected chi connectivity index (χ4v) is 3.46. The Balaban J connectivity index is 2.29. The molecule has 0 aliphatic carbocycles. The Kier molecular flexibility index (Phi) is 6.91. The molecule has 1 rings (SSSR count). The summed E-state index contributed by atoms with van der Waals surface area (Å²) in [6.45, 7) is 4.79. The first-order valence-corrected chi connectivity index (χ1v) is 8.91. The summed E-state index contributed by atoms with van der Waals surface area (Å²) >= 11 is 0. The standard InChI is InChI=1S/C13H26N2O4S/c1-3-20(18,19)15-9-6-12(7-10-15)13(17)14-8-4-5-11(2)16/h11-12,16H,3-10H2,1-2H3,(H,14,17). The van der Waals surface area contributed by atoms with Gasteiger partial charge < -0.3 is 10.4 Å². The molecule has 2 N–H and O–H groups in total. The number of carbonyl (C=O) groups is 1. The van der Waals surface area contributed by atoms with Crippen molar-refractivity contribution in [3.05, 3.63) is 0 Å². The van der Waals surface area contributed by atoms with Crippen molar-refractivity contribution in [2.75, 3.05) is 25.4 Å². The largest absolute Gasteiger partial charge is 0.393 e. The van der Waals surface area contributed by atoms with Crippen molar-refractivity contribution in [2.24, 2.45) is 5.92 Å². The third-order valence-corrected chi connectivity index (χ3v) is 5.56. The van der Waals surface area contributed by atoms with Gasteiger partial charge in [-0.2, -0.15) is 0 Å². The number of aliphatic hydroxyl groups is 1. The molecule has 1 fully saturated rings. The van der Waals surface area contributed by atoms with E-state index in [0.29, 0.717) is 38.9 Å². The highest BCUT2D eigenvalue weighted by molar-refractivity contribution is 7.89. The van der Waals surface area contributed by atoms with Gasteiger partial charge >= 0.3 is 0 Å². The summed E-state index contributed by atoms with van der Waals surface area (Å²) < 4.78 is 24.9. The quantitative estimate of drug-likeness (QED) is 0.663. The van der Waals surface area contributed by atoms with E-state index in [-0.39, 0.29) is 23.7 Å². The fourth-order valence-electron chi connectivity index (χ4n) is 2.33. The fraction of sp³-hybridized carbons (Fsp3) is 0.923. The summed E-state index contributed by atoms with van der Waals surface area (Å²) in [6, 6.07) is 0. The maximum absolute atomic E-state index is 11.9. The SMILES string of the molecule is CCS(=O)(=O)N1CCC(C(=O)NCCCC(C)O)CC1. The van der Waals surface area contributed by atoms with E-state index in [9.17, 15) is 13.2 Å². The van der Waals surface area contributed by atoms with E-state index < -0.39 is 10.0 Å². The Bertz CT molecular complexity index is 401. The number of amides is 1. The molecule has 0 aromatic rings. The molecule has 7 heteroatoms. The number of carbonyl (C=O) groups excluding carboxylic acids is 1. The van der Waals surface area contributed by atoms with Gasteiger partial charge in [-0.25, -0.2) is 12.7 Å². The zero-order chi connectivity index (χ0) is 15.2. The van der Waals surface area contributed by atoms with Crippen molar-refractivity contribution in [1.29, 1.82) is 0 Å². The lowest BCUT2D eigenvalue weighted by molar-refractivity contribution is -0.126. The van der Waals surface area contributed by atoms with Crippen molar-refractivity contribution in [1.82, 2.24) is 9.62 Å². The van der Waals surface area contributed by atoms with E-state index in [2.05, 4.69) is 5.32 Å². The van der Waals surface area contributed by atoms with Gasteiger partial charge in [0.15, 0.2) is 0 Å². The molecule has 1 heterocycles. The number of sulfonamides is 1. The lowest BCUT2D eigenvalue weighted by Gasteiger charge is -2.30. The topological polar surface area (TPSA) is 86.7 Å². The molecule has 1 aliphatic heterocycles. The van der Waals surface area contributed by atoms with Crippen molar-refractivity contribution >= 4 is 15.9 Å². The van der Waals surface area contributed by atoms with E-state index in [0.717, 1.165) is 6.42 Å². The molecule has 20 heavy (non-hydrogen) atoms. The van der Waals surface area contributed by atoms with Crippen LogP contribution in [0.5, 0.6) is 0 Å². The van der Waals surface area contributed by atoms with Gasteiger partial charge in [-0.05, 0) is 39.5 Å². The second-order valence-corrected chi connectivity index (χ2v) is 7.61. The lowest BCUT2D eigenvalue weighted by atomic mass is 9.97. The third kappa shape index (κ3) is 5.38.